The highest BCUT2D eigenvalue weighted by Crippen LogP contribution is 2.44. The first-order valence-electron chi connectivity index (χ1n) is 22.2. The molecule has 0 aliphatic carbocycles. The van der Waals surface area contributed by atoms with E-state index in [-0.39, 0.29) is 5.41 Å². The third-order valence-corrected chi connectivity index (χ3v) is 14.7. The third kappa shape index (κ3) is 8.00. The molecule has 0 fully saturated rings. The maximum Gasteiger partial charge on any atom is 0.136 e. The molecule has 298 valence electrons. The molecule has 0 saturated carbocycles. The minimum absolute atomic E-state index is 0.0927. The Morgan fingerprint density at radius 1 is 0.414 bits per heavy atom. The Bertz CT molecular complexity index is 2870. The number of rotatable bonds is 16. The summed E-state index contributed by atoms with van der Waals surface area (Å²) in [4.78, 5) is 5.73. The lowest BCUT2D eigenvalue weighted by Gasteiger charge is -2.19. The molecule has 0 bridgehead atoms. The number of aryl methyl sites for hydroxylation is 2. The molecule has 58 heavy (non-hydrogen) atoms. The first-order valence-corrected chi connectivity index (χ1v) is 23.8. The van der Waals surface area contributed by atoms with Gasteiger partial charge in [0, 0.05) is 52.2 Å². The smallest absolute Gasteiger partial charge is 0.136 e. The Morgan fingerprint density at radius 3 is 1.36 bits per heavy atom. The minimum Gasteiger partial charge on any atom is -0.456 e. The van der Waals surface area contributed by atoms with E-state index in [1.54, 1.807) is 0 Å². The summed E-state index contributed by atoms with van der Waals surface area (Å²) in [5.74, 6) is 0. The summed E-state index contributed by atoms with van der Waals surface area (Å²) in [6, 6.07) is 34.7. The van der Waals surface area contributed by atoms with E-state index >= 15 is 0 Å². The molecular weight excluding hydrogens is 745 g/mol. The van der Waals surface area contributed by atoms with E-state index in [9.17, 15) is 0 Å². The highest BCUT2D eigenvalue weighted by molar-refractivity contribution is 7.16. The number of thiophene rings is 2. The monoisotopic (exact) mass is 802 g/mol. The van der Waals surface area contributed by atoms with Crippen LogP contribution in [0.2, 0.25) is 0 Å². The van der Waals surface area contributed by atoms with Crippen LogP contribution < -0.4 is 0 Å². The van der Waals surface area contributed by atoms with E-state index in [0.717, 1.165) is 43.9 Å². The van der Waals surface area contributed by atoms with Crippen molar-refractivity contribution >= 4 is 88.1 Å². The summed E-state index contributed by atoms with van der Waals surface area (Å²) in [7, 11) is 0. The second-order valence-electron chi connectivity index (χ2n) is 17.9. The molecule has 4 aromatic heterocycles. The van der Waals surface area contributed by atoms with Gasteiger partial charge in [-0.15, -0.1) is 22.7 Å². The molecule has 4 heterocycles. The summed E-state index contributed by atoms with van der Waals surface area (Å²) < 4.78 is 13.3. The van der Waals surface area contributed by atoms with Crippen LogP contribution in [0.3, 0.4) is 0 Å². The van der Waals surface area contributed by atoms with E-state index in [1.165, 1.54) is 148 Å². The molecule has 0 aliphatic heterocycles. The van der Waals surface area contributed by atoms with E-state index < -0.39 is 0 Å². The molecule has 9 aromatic rings. The van der Waals surface area contributed by atoms with Crippen LogP contribution in [0, 0.1) is 0 Å². The van der Waals surface area contributed by atoms with Crippen LogP contribution in [0.4, 0.5) is 0 Å². The van der Waals surface area contributed by atoms with Gasteiger partial charge < -0.3 is 8.83 Å². The average molecular weight is 803 g/mol. The molecule has 0 unspecified atom stereocenters. The molecule has 0 spiro atoms. The zero-order chi connectivity index (χ0) is 39.8. The van der Waals surface area contributed by atoms with Crippen LogP contribution in [0.1, 0.15) is 127 Å². The third-order valence-electron chi connectivity index (χ3n) is 12.4. The van der Waals surface area contributed by atoms with Gasteiger partial charge in [0.2, 0.25) is 0 Å². The fraction of sp³-hybridized carbons (Fsp3) is 0.370. The van der Waals surface area contributed by atoms with Gasteiger partial charge in [-0.3, -0.25) is 0 Å². The second-order valence-corrected chi connectivity index (χ2v) is 20.2. The fourth-order valence-electron chi connectivity index (χ4n) is 8.93. The van der Waals surface area contributed by atoms with Crippen LogP contribution in [0.5, 0.6) is 0 Å². The fourth-order valence-corrected chi connectivity index (χ4v) is 11.1. The predicted octanol–water partition coefficient (Wildman–Crippen LogP) is 18.4. The van der Waals surface area contributed by atoms with E-state index in [0.29, 0.717) is 0 Å². The summed E-state index contributed by atoms with van der Waals surface area (Å²) in [6.07, 6.45) is 18.3. The maximum atomic E-state index is 6.71. The standard InChI is InChI=1S/C54H58O2S2/c1-6-8-10-12-14-16-18-40-22-24-52(57-40)46-29-37-28-43-45-34-50-44(42-27-35-20-21-39(54(3,4)5)26-36(35)31-48(42)55-50)33-51(45)56-49(43)32-38(37)30-47(46)53-25-23-41(58-53)19-17-15-13-11-9-7-2/h20-34H,6-19H2,1-5H3. The van der Waals surface area contributed by atoms with Crippen LogP contribution in [0.25, 0.3) is 86.3 Å². The van der Waals surface area contributed by atoms with Crippen LogP contribution >= 0.6 is 22.7 Å². The van der Waals surface area contributed by atoms with Crippen molar-refractivity contribution in [1.82, 2.24) is 0 Å². The van der Waals surface area contributed by atoms with Crippen molar-refractivity contribution in [2.24, 2.45) is 0 Å². The number of fused-ring (bicyclic) bond motifs is 8. The van der Waals surface area contributed by atoms with Crippen LogP contribution in [0.15, 0.2) is 99.8 Å². The lowest BCUT2D eigenvalue weighted by atomic mass is 9.86. The highest BCUT2D eigenvalue weighted by atomic mass is 32.1. The number of furan rings is 2. The summed E-state index contributed by atoms with van der Waals surface area (Å²) in [5.41, 5.74) is 7.75. The van der Waals surface area contributed by atoms with Crippen molar-refractivity contribution in [2.75, 3.05) is 0 Å². The molecule has 0 radical (unpaired) electrons. The van der Waals surface area contributed by atoms with Gasteiger partial charge in [-0.25, -0.2) is 0 Å². The topological polar surface area (TPSA) is 26.3 Å². The van der Waals surface area contributed by atoms with Crippen LogP contribution in [-0.4, -0.2) is 0 Å². The van der Waals surface area contributed by atoms with Crippen molar-refractivity contribution in [1.29, 1.82) is 0 Å². The normalized spacial score (nSPS) is 12.5. The first kappa shape index (κ1) is 39.1. The summed E-state index contributed by atoms with van der Waals surface area (Å²) in [5, 5.41) is 9.37. The first-order chi connectivity index (χ1) is 28.2. The van der Waals surface area contributed by atoms with Gasteiger partial charge in [-0.05, 0) is 131 Å². The molecular formula is C54H58O2S2. The Hall–Kier alpha value is -4.38. The molecule has 0 amide bonds. The molecule has 2 nitrogen and oxygen atoms in total. The average Bonchev–Trinajstić information content (AvgIpc) is 4.02. The Balaban J connectivity index is 1.09. The van der Waals surface area contributed by atoms with E-state index in [2.05, 4.69) is 126 Å². The van der Waals surface area contributed by atoms with Crippen molar-refractivity contribution in [3.8, 4) is 20.9 Å². The molecule has 0 atom stereocenters. The highest BCUT2D eigenvalue weighted by Gasteiger charge is 2.19. The summed E-state index contributed by atoms with van der Waals surface area (Å²) in [6.45, 7) is 11.4. The van der Waals surface area contributed by atoms with E-state index in [4.69, 9.17) is 8.83 Å². The molecule has 0 N–H and O–H groups in total. The summed E-state index contributed by atoms with van der Waals surface area (Å²) >= 11 is 3.97. The quantitative estimate of drug-likeness (QED) is 0.0910. The van der Waals surface area contributed by atoms with Crippen molar-refractivity contribution < 1.29 is 8.83 Å². The molecule has 4 heteroatoms. The van der Waals surface area contributed by atoms with E-state index in [1.807, 2.05) is 22.7 Å². The number of hydrogen-bond donors (Lipinski definition) is 0. The maximum absolute atomic E-state index is 6.71. The van der Waals surface area contributed by atoms with Gasteiger partial charge in [0.15, 0.2) is 0 Å². The van der Waals surface area contributed by atoms with Crippen molar-refractivity contribution in [3.63, 3.8) is 0 Å². The Kier molecular flexibility index (Phi) is 11.3. The van der Waals surface area contributed by atoms with Gasteiger partial charge >= 0.3 is 0 Å². The zero-order valence-electron chi connectivity index (χ0n) is 35.2. The molecule has 5 aromatic carbocycles. The molecule has 0 aliphatic rings. The molecule has 0 saturated heterocycles. The number of unbranched alkanes of at least 4 members (excludes halogenated alkanes) is 10. The van der Waals surface area contributed by atoms with Crippen LogP contribution in [-0.2, 0) is 18.3 Å². The van der Waals surface area contributed by atoms with Gasteiger partial charge in [0.25, 0.3) is 0 Å². The lowest BCUT2D eigenvalue weighted by Crippen LogP contribution is -2.10. The number of hydrogen-bond acceptors (Lipinski definition) is 4. The minimum atomic E-state index is 0.0927. The van der Waals surface area contributed by atoms with Gasteiger partial charge in [-0.2, -0.15) is 0 Å². The number of benzene rings is 5. The Morgan fingerprint density at radius 2 is 0.845 bits per heavy atom. The molecule has 9 rings (SSSR count). The Labute approximate surface area is 352 Å². The SMILES string of the molecule is CCCCCCCCc1ccc(-c2cc3cc4oc5cc6c(cc5c4cc3cc2-c2ccc(CCCCCCCC)s2)oc2cc3cc(C(C)(C)C)ccc3cc26)s1. The van der Waals surface area contributed by atoms with Crippen molar-refractivity contribution in [2.45, 2.75) is 130 Å². The van der Waals surface area contributed by atoms with Crippen molar-refractivity contribution in [3.05, 3.63) is 106 Å². The second kappa shape index (κ2) is 16.7. The van der Waals surface area contributed by atoms with Gasteiger partial charge in [0.1, 0.15) is 22.3 Å². The lowest BCUT2D eigenvalue weighted by molar-refractivity contribution is 0.591. The largest absolute Gasteiger partial charge is 0.456 e. The predicted molar refractivity (Wildman–Crippen MR) is 255 cm³/mol. The van der Waals surface area contributed by atoms with Gasteiger partial charge in [0.05, 0.1) is 0 Å². The zero-order valence-corrected chi connectivity index (χ0v) is 36.8. The van der Waals surface area contributed by atoms with Gasteiger partial charge in [-0.1, -0.05) is 117 Å².